The lowest BCUT2D eigenvalue weighted by Gasteiger charge is -2.27. The van der Waals surface area contributed by atoms with Crippen LogP contribution in [0.2, 0.25) is 0 Å². The molecular weight excluding hydrogens is 757 g/mol. The summed E-state index contributed by atoms with van der Waals surface area (Å²) in [4.78, 5) is 2.46. The Morgan fingerprint density at radius 2 is 0.869 bits per heavy atom. The fourth-order valence-electron chi connectivity index (χ4n) is 9.18. The summed E-state index contributed by atoms with van der Waals surface area (Å²) >= 11 is 1.87. The molecule has 12 aromatic rings. The Morgan fingerprint density at radius 3 is 1.64 bits per heavy atom. The second-order valence-electron chi connectivity index (χ2n) is 15.7. The average Bonchev–Trinajstić information content (AvgIpc) is 3.88. The molecule has 3 heteroatoms. The zero-order valence-electron chi connectivity index (χ0n) is 33.2. The van der Waals surface area contributed by atoms with Crippen LogP contribution >= 0.6 is 11.3 Å². The molecule has 0 spiro atoms. The summed E-state index contributed by atoms with van der Waals surface area (Å²) in [5.74, 6) is 0. The van der Waals surface area contributed by atoms with E-state index in [1.54, 1.807) is 0 Å². The molecule has 2 heterocycles. The van der Waals surface area contributed by atoms with Crippen molar-refractivity contribution in [2.24, 2.45) is 0 Å². The number of hydrogen-bond donors (Lipinski definition) is 0. The first-order valence-corrected chi connectivity index (χ1v) is 21.6. The molecule has 0 atom stereocenters. The Balaban J connectivity index is 1.06. The molecule has 61 heavy (non-hydrogen) atoms. The van der Waals surface area contributed by atoms with Crippen LogP contribution < -0.4 is 4.90 Å². The molecule has 286 valence electrons. The molecule has 0 unspecified atom stereocenters. The molecule has 0 bridgehead atoms. The topological polar surface area (TPSA) is 8.17 Å². The molecule has 0 amide bonds. The second kappa shape index (κ2) is 14.5. The summed E-state index contributed by atoms with van der Waals surface area (Å²) in [6.07, 6.45) is 0. The van der Waals surface area contributed by atoms with E-state index in [0.717, 1.165) is 22.7 Å². The maximum atomic E-state index is 2.46. The van der Waals surface area contributed by atoms with Crippen molar-refractivity contribution in [3.63, 3.8) is 0 Å². The van der Waals surface area contributed by atoms with E-state index in [1.165, 1.54) is 86.1 Å². The summed E-state index contributed by atoms with van der Waals surface area (Å²) in [5, 5.41) is 7.53. The van der Waals surface area contributed by atoms with E-state index >= 15 is 0 Å². The van der Waals surface area contributed by atoms with Crippen LogP contribution in [-0.4, -0.2) is 4.57 Å². The van der Waals surface area contributed by atoms with Crippen LogP contribution in [0.15, 0.2) is 231 Å². The lowest BCUT2D eigenvalue weighted by Crippen LogP contribution is -2.10. The fraction of sp³-hybridized carbons (Fsp3) is 0. The largest absolute Gasteiger partial charge is 0.309 e. The van der Waals surface area contributed by atoms with E-state index in [4.69, 9.17) is 0 Å². The van der Waals surface area contributed by atoms with Gasteiger partial charge in [-0.15, -0.1) is 11.3 Å². The minimum absolute atomic E-state index is 1.11. The number of thiophene rings is 1. The molecule has 0 fully saturated rings. The average molecular weight is 795 g/mol. The first kappa shape index (κ1) is 35.2. The molecule has 0 saturated heterocycles. The lowest BCUT2D eigenvalue weighted by molar-refractivity contribution is 1.18. The van der Waals surface area contributed by atoms with Gasteiger partial charge >= 0.3 is 0 Å². The third kappa shape index (κ3) is 6.09. The number of hydrogen-bond acceptors (Lipinski definition) is 2. The van der Waals surface area contributed by atoms with Crippen LogP contribution in [0.25, 0.3) is 91.8 Å². The van der Waals surface area contributed by atoms with Crippen LogP contribution in [0.5, 0.6) is 0 Å². The molecule has 0 aliphatic heterocycles. The fourth-order valence-corrected chi connectivity index (χ4v) is 10.4. The summed E-state index contributed by atoms with van der Waals surface area (Å²) in [5.41, 5.74) is 14.1. The molecular formula is C58H38N2S. The maximum Gasteiger partial charge on any atom is 0.0646 e. The Hall–Kier alpha value is -7.72. The number of rotatable bonds is 7. The summed E-state index contributed by atoms with van der Waals surface area (Å²) in [6, 6.07) is 84.3. The van der Waals surface area contributed by atoms with Gasteiger partial charge in [0.05, 0.1) is 21.4 Å². The van der Waals surface area contributed by atoms with Crippen molar-refractivity contribution >= 4 is 81.1 Å². The van der Waals surface area contributed by atoms with Crippen molar-refractivity contribution in [1.29, 1.82) is 0 Å². The molecule has 0 aliphatic carbocycles. The Kier molecular flexibility index (Phi) is 8.39. The Bertz CT molecular complexity index is 3560. The van der Waals surface area contributed by atoms with Crippen molar-refractivity contribution in [3.8, 4) is 39.1 Å². The number of benzene rings is 10. The highest BCUT2D eigenvalue weighted by atomic mass is 32.1. The molecule has 2 nitrogen and oxygen atoms in total. The Labute approximate surface area is 358 Å². The van der Waals surface area contributed by atoms with Crippen molar-refractivity contribution in [3.05, 3.63) is 231 Å². The number of anilines is 3. The highest BCUT2D eigenvalue weighted by molar-refractivity contribution is 7.26. The zero-order valence-corrected chi connectivity index (χ0v) is 34.1. The van der Waals surface area contributed by atoms with Gasteiger partial charge in [-0.1, -0.05) is 152 Å². The van der Waals surface area contributed by atoms with Crippen LogP contribution in [0.1, 0.15) is 0 Å². The number of para-hydroxylation sites is 2. The Morgan fingerprint density at radius 1 is 0.328 bits per heavy atom. The summed E-state index contributed by atoms with van der Waals surface area (Å²) in [7, 11) is 0. The van der Waals surface area contributed by atoms with Crippen molar-refractivity contribution in [1.82, 2.24) is 4.57 Å². The molecule has 0 saturated carbocycles. The van der Waals surface area contributed by atoms with Crippen LogP contribution in [0, 0.1) is 0 Å². The normalized spacial score (nSPS) is 11.6. The molecule has 10 aromatic carbocycles. The minimum atomic E-state index is 1.11. The highest BCUT2D eigenvalue weighted by Crippen LogP contribution is 2.48. The smallest absolute Gasteiger partial charge is 0.0646 e. The predicted octanol–water partition coefficient (Wildman–Crippen LogP) is 16.8. The van der Waals surface area contributed by atoms with Crippen LogP contribution in [-0.2, 0) is 0 Å². The molecule has 12 rings (SSSR count). The van der Waals surface area contributed by atoms with Gasteiger partial charge in [0.1, 0.15) is 0 Å². The third-order valence-electron chi connectivity index (χ3n) is 12.2. The van der Waals surface area contributed by atoms with Gasteiger partial charge in [0, 0.05) is 43.3 Å². The van der Waals surface area contributed by atoms with E-state index in [0.29, 0.717) is 0 Å². The van der Waals surface area contributed by atoms with E-state index in [2.05, 4.69) is 240 Å². The quantitative estimate of drug-likeness (QED) is 0.156. The van der Waals surface area contributed by atoms with Gasteiger partial charge < -0.3 is 9.47 Å². The molecule has 0 radical (unpaired) electrons. The van der Waals surface area contributed by atoms with Gasteiger partial charge in [0.15, 0.2) is 0 Å². The van der Waals surface area contributed by atoms with Crippen LogP contribution in [0.3, 0.4) is 0 Å². The van der Waals surface area contributed by atoms with Gasteiger partial charge in [0.2, 0.25) is 0 Å². The van der Waals surface area contributed by atoms with Gasteiger partial charge in [-0.3, -0.25) is 0 Å². The summed E-state index contributed by atoms with van der Waals surface area (Å²) < 4.78 is 4.93. The highest BCUT2D eigenvalue weighted by Gasteiger charge is 2.21. The van der Waals surface area contributed by atoms with Crippen LogP contribution in [0.4, 0.5) is 17.1 Å². The second-order valence-corrected chi connectivity index (χ2v) is 16.8. The molecule has 2 aromatic heterocycles. The maximum absolute atomic E-state index is 2.46. The standard InChI is InChI=1S/C58H38N2S/c1-3-13-39(14-4-1)41-25-30-48(31-26-41)59(49-32-27-42(28-33-49)44-24-23-40-15-7-8-16-43(40)35-44)56-38-46(37-53-51-20-10-12-22-57(51)61-58(53)56)45-29-34-55-52(36-45)50-19-9-11-21-54(50)60(55)47-17-5-2-6-18-47/h1-38H. The van der Waals surface area contributed by atoms with Gasteiger partial charge in [-0.25, -0.2) is 0 Å². The molecule has 0 aliphatic rings. The van der Waals surface area contributed by atoms with E-state index in [-0.39, 0.29) is 0 Å². The van der Waals surface area contributed by atoms with E-state index in [9.17, 15) is 0 Å². The number of fused-ring (bicyclic) bond motifs is 7. The monoisotopic (exact) mass is 794 g/mol. The molecule has 0 N–H and O–H groups in total. The van der Waals surface area contributed by atoms with Gasteiger partial charge in [0.25, 0.3) is 0 Å². The van der Waals surface area contributed by atoms with Gasteiger partial charge in [-0.2, -0.15) is 0 Å². The van der Waals surface area contributed by atoms with Gasteiger partial charge in [-0.05, 0) is 123 Å². The predicted molar refractivity (Wildman–Crippen MR) is 262 cm³/mol. The van der Waals surface area contributed by atoms with Crippen molar-refractivity contribution in [2.45, 2.75) is 0 Å². The lowest BCUT2D eigenvalue weighted by atomic mass is 9.98. The number of nitrogens with zero attached hydrogens (tertiary/aromatic N) is 2. The summed E-state index contributed by atoms with van der Waals surface area (Å²) in [6.45, 7) is 0. The van der Waals surface area contributed by atoms with E-state index in [1.807, 2.05) is 11.3 Å². The van der Waals surface area contributed by atoms with Crippen molar-refractivity contribution in [2.75, 3.05) is 4.90 Å². The first-order chi connectivity index (χ1) is 30.2. The third-order valence-corrected chi connectivity index (χ3v) is 13.4. The van der Waals surface area contributed by atoms with Crippen molar-refractivity contribution < 1.29 is 0 Å². The first-order valence-electron chi connectivity index (χ1n) is 20.8. The minimum Gasteiger partial charge on any atom is -0.309 e. The zero-order chi connectivity index (χ0) is 40.3. The number of aromatic nitrogens is 1. The SMILES string of the molecule is c1ccc(-c2ccc(N(c3ccc(-c4ccc5ccccc5c4)cc3)c3cc(-c4ccc5c(c4)c4ccccc4n5-c4ccccc4)cc4c3sc3ccccc34)cc2)cc1. The van der Waals surface area contributed by atoms with E-state index < -0.39 is 0 Å².